The predicted octanol–water partition coefficient (Wildman–Crippen LogP) is 2.23. The van der Waals surface area contributed by atoms with Crippen molar-refractivity contribution in [2.24, 2.45) is 0 Å². The first-order valence-electron chi connectivity index (χ1n) is 7.64. The average Bonchev–Trinajstić information content (AvgIpc) is 3.22. The van der Waals surface area contributed by atoms with Crippen molar-refractivity contribution in [2.45, 2.75) is 13.1 Å². The maximum atomic E-state index is 12.7. The molecule has 4 heterocycles. The Labute approximate surface area is 144 Å². The monoisotopic (exact) mass is 369 g/mol. The second-order valence-corrected chi connectivity index (χ2v) is 6.70. The van der Waals surface area contributed by atoms with Gasteiger partial charge in [-0.3, -0.25) is 0 Å². The number of fused-ring (bicyclic) bond motifs is 1. The third kappa shape index (κ3) is 2.99. The first kappa shape index (κ1) is 16.1. The first-order valence-corrected chi connectivity index (χ1v) is 8.45. The van der Waals surface area contributed by atoms with E-state index in [-0.39, 0.29) is 0 Å². The molecule has 1 aliphatic heterocycles. The van der Waals surface area contributed by atoms with Gasteiger partial charge in [-0.15, -0.1) is 15.3 Å². The minimum absolute atomic E-state index is 0.407. The Morgan fingerprint density at radius 2 is 1.76 bits per heavy atom. The summed E-state index contributed by atoms with van der Waals surface area (Å²) in [5.74, 6) is 1.50. The molecule has 0 N–H and O–H groups in total. The highest BCUT2D eigenvalue weighted by Gasteiger charge is 2.34. The molecule has 132 valence electrons. The van der Waals surface area contributed by atoms with E-state index in [0.29, 0.717) is 54.1 Å². The van der Waals surface area contributed by atoms with E-state index in [9.17, 15) is 13.2 Å². The number of halogens is 3. The standard InChI is InChI=1S/C14H14F3N7S/c1-9-19-20-11-2-3-12(21-24(9)11)22-4-6-23(7-5-22)13-18-8-10(25-13)14(15,16)17/h2-3,8H,4-7H2,1H3. The molecule has 0 atom stereocenters. The molecule has 0 amide bonds. The Balaban J connectivity index is 1.47. The summed E-state index contributed by atoms with van der Waals surface area (Å²) in [6, 6.07) is 3.73. The average molecular weight is 369 g/mol. The van der Waals surface area contributed by atoms with E-state index in [1.165, 1.54) is 0 Å². The summed E-state index contributed by atoms with van der Waals surface area (Å²) in [6.45, 7) is 4.31. The van der Waals surface area contributed by atoms with Crippen LogP contribution in [0, 0.1) is 6.92 Å². The summed E-state index contributed by atoms with van der Waals surface area (Å²) in [5.41, 5.74) is 0.683. The van der Waals surface area contributed by atoms with Crippen molar-refractivity contribution >= 4 is 27.9 Å². The van der Waals surface area contributed by atoms with Gasteiger partial charge in [-0.1, -0.05) is 11.3 Å². The Kier molecular flexibility index (Phi) is 3.74. The van der Waals surface area contributed by atoms with Crippen LogP contribution in [0.2, 0.25) is 0 Å². The van der Waals surface area contributed by atoms with Gasteiger partial charge in [0.05, 0.1) is 6.20 Å². The molecule has 0 spiro atoms. The number of hydrogen-bond donors (Lipinski definition) is 0. The van der Waals surface area contributed by atoms with Crippen molar-refractivity contribution in [3.8, 4) is 0 Å². The van der Waals surface area contributed by atoms with E-state index >= 15 is 0 Å². The van der Waals surface area contributed by atoms with Crippen LogP contribution in [0.15, 0.2) is 18.3 Å². The molecule has 7 nitrogen and oxygen atoms in total. The summed E-state index contributed by atoms with van der Waals surface area (Å²) in [5, 5.41) is 12.9. The normalized spacial score (nSPS) is 16.0. The van der Waals surface area contributed by atoms with Gasteiger partial charge in [0.1, 0.15) is 10.7 Å². The molecular formula is C14H14F3N7S. The minimum atomic E-state index is -4.34. The highest BCUT2D eigenvalue weighted by molar-refractivity contribution is 7.15. The maximum Gasteiger partial charge on any atom is 0.427 e. The van der Waals surface area contributed by atoms with Crippen molar-refractivity contribution < 1.29 is 13.2 Å². The predicted molar refractivity (Wildman–Crippen MR) is 87.1 cm³/mol. The third-order valence-electron chi connectivity index (χ3n) is 4.05. The second-order valence-electron chi connectivity index (χ2n) is 5.69. The van der Waals surface area contributed by atoms with E-state index in [1.54, 1.807) is 4.52 Å². The van der Waals surface area contributed by atoms with Crippen LogP contribution in [0.3, 0.4) is 0 Å². The van der Waals surface area contributed by atoms with Gasteiger partial charge in [0.25, 0.3) is 0 Å². The maximum absolute atomic E-state index is 12.7. The molecule has 0 aliphatic carbocycles. The topological polar surface area (TPSA) is 62.5 Å². The highest BCUT2D eigenvalue weighted by atomic mass is 32.1. The lowest BCUT2D eigenvalue weighted by Crippen LogP contribution is -2.46. The van der Waals surface area contributed by atoms with Crippen molar-refractivity contribution in [2.75, 3.05) is 36.0 Å². The summed E-state index contributed by atoms with van der Waals surface area (Å²) >= 11 is 0.683. The van der Waals surface area contributed by atoms with Crippen molar-refractivity contribution in [3.63, 3.8) is 0 Å². The number of piperazine rings is 1. The number of rotatable bonds is 2. The smallest absolute Gasteiger partial charge is 0.352 e. The summed E-state index contributed by atoms with van der Waals surface area (Å²) in [7, 11) is 0. The van der Waals surface area contributed by atoms with E-state index in [2.05, 4.69) is 25.2 Å². The molecule has 0 radical (unpaired) electrons. The summed E-state index contributed by atoms with van der Waals surface area (Å²) in [6.07, 6.45) is -3.44. The van der Waals surface area contributed by atoms with Gasteiger partial charge in [0.15, 0.2) is 16.6 Å². The fourth-order valence-corrected chi connectivity index (χ4v) is 3.56. The fraction of sp³-hybridized carbons (Fsp3) is 0.429. The van der Waals surface area contributed by atoms with Crippen molar-refractivity contribution in [1.82, 2.24) is 24.8 Å². The third-order valence-corrected chi connectivity index (χ3v) is 5.15. The zero-order valence-electron chi connectivity index (χ0n) is 13.2. The second kappa shape index (κ2) is 5.83. The van der Waals surface area contributed by atoms with Crippen LogP contribution < -0.4 is 9.80 Å². The largest absolute Gasteiger partial charge is 0.427 e. The van der Waals surface area contributed by atoms with Gasteiger partial charge in [-0.05, 0) is 19.1 Å². The van der Waals surface area contributed by atoms with Crippen LogP contribution in [0.25, 0.3) is 5.65 Å². The number of hydrogen-bond acceptors (Lipinski definition) is 7. The van der Waals surface area contributed by atoms with Crippen LogP contribution in [0.5, 0.6) is 0 Å². The van der Waals surface area contributed by atoms with E-state index < -0.39 is 11.1 Å². The van der Waals surface area contributed by atoms with Gasteiger partial charge < -0.3 is 9.80 Å². The molecule has 0 bridgehead atoms. The Hall–Kier alpha value is -2.43. The van der Waals surface area contributed by atoms with E-state index in [4.69, 9.17) is 0 Å². The number of aromatic nitrogens is 5. The van der Waals surface area contributed by atoms with Gasteiger partial charge >= 0.3 is 6.18 Å². The van der Waals surface area contributed by atoms with Gasteiger partial charge in [0.2, 0.25) is 0 Å². The van der Waals surface area contributed by atoms with Crippen molar-refractivity contribution in [1.29, 1.82) is 0 Å². The van der Waals surface area contributed by atoms with Gasteiger partial charge in [-0.25, -0.2) is 4.98 Å². The number of alkyl halides is 3. The molecule has 4 rings (SSSR count). The Morgan fingerprint density at radius 3 is 2.44 bits per heavy atom. The zero-order valence-corrected chi connectivity index (χ0v) is 14.0. The molecule has 1 saturated heterocycles. The van der Waals surface area contributed by atoms with Crippen LogP contribution in [-0.4, -0.2) is 51.0 Å². The lowest BCUT2D eigenvalue weighted by Gasteiger charge is -2.35. The molecule has 0 saturated carbocycles. The molecule has 3 aromatic heterocycles. The number of anilines is 2. The summed E-state index contributed by atoms with van der Waals surface area (Å²) < 4.78 is 39.8. The quantitative estimate of drug-likeness (QED) is 0.690. The van der Waals surface area contributed by atoms with Gasteiger partial charge in [-0.2, -0.15) is 17.7 Å². The molecule has 0 aromatic carbocycles. The molecule has 3 aromatic rings. The SMILES string of the molecule is Cc1nnc2ccc(N3CCN(c4ncc(C(F)(F)F)s4)CC3)nn12. The van der Waals surface area contributed by atoms with Crippen LogP contribution in [0.1, 0.15) is 10.7 Å². The lowest BCUT2D eigenvalue weighted by atomic mass is 10.3. The molecule has 25 heavy (non-hydrogen) atoms. The lowest BCUT2D eigenvalue weighted by molar-refractivity contribution is -0.134. The number of aryl methyl sites for hydroxylation is 1. The Bertz CT molecular complexity index is 895. The molecular weight excluding hydrogens is 355 g/mol. The molecule has 11 heteroatoms. The minimum Gasteiger partial charge on any atom is -0.352 e. The van der Waals surface area contributed by atoms with Gasteiger partial charge in [0, 0.05) is 26.2 Å². The summed E-state index contributed by atoms with van der Waals surface area (Å²) in [4.78, 5) is 7.22. The molecule has 0 unspecified atom stereocenters. The number of thiazole rings is 1. The molecule has 1 fully saturated rings. The van der Waals surface area contributed by atoms with Crippen LogP contribution in [-0.2, 0) is 6.18 Å². The number of nitrogens with zero attached hydrogens (tertiary/aromatic N) is 7. The Morgan fingerprint density at radius 1 is 1.04 bits per heavy atom. The van der Waals surface area contributed by atoms with Crippen LogP contribution in [0.4, 0.5) is 24.1 Å². The van der Waals surface area contributed by atoms with E-state index in [1.807, 2.05) is 24.0 Å². The van der Waals surface area contributed by atoms with E-state index in [0.717, 1.165) is 12.0 Å². The van der Waals surface area contributed by atoms with Crippen LogP contribution >= 0.6 is 11.3 Å². The molecule has 1 aliphatic rings. The highest BCUT2D eigenvalue weighted by Crippen LogP contribution is 2.36. The first-order chi connectivity index (χ1) is 11.9. The fourth-order valence-electron chi connectivity index (χ4n) is 2.72. The van der Waals surface area contributed by atoms with Crippen molar-refractivity contribution in [3.05, 3.63) is 29.0 Å². The zero-order chi connectivity index (χ0) is 17.6.